The third-order valence-electron chi connectivity index (χ3n) is 4.51. The second-order valence-corrected chi connectivity index (χ2v) is 6.02. The van der Waals surface area contributed by atoms with Crippen LogP contribution in [-0.2, 0) is 11.3 Å². The summed E-state index contributed by atoms with van der Waals surface area (Å²) in [7, 11) is 0. The number of nitrogens with one attached hydrogen (secondary N) is 1. The fourth-order valence-electron chi connectivity index (χ4n) is 3.62. The summed E-state index contributed by atoms with van der Waals surface area (Å²) in [6.45, 7) is 7.39. The maximum Gasteiger partial charge on any atom is 0.0692 e. The minimum absolute atomic E-state index is 0.257. The highest BCUT2D eigenvalue weighted by atomic mass is 16.5. The molecule has 1 aliphatic heterocycles. The summed E-state index contributed by atoms with van der Waals surface area (Å²) in [5.74, 6) is 0.699. The van der Waals surface area contributed by atoms with Crippen LogP contribution in [-0.4, -0.2) is 40.3 Å². The summed E-state index contributed by atoms with van der Waals surface area (Å²) in [5.41, 5.74) is 0.257. The van der Waals surface area contributed by atoms with Crippen molar-refractivity contribution in [1.29, 1.82) is 0 Å². The molecule has 5 heteroatoms. The Hall–Kier alpha value is -0.940. The fourth-order valence-corrected chi connectivity index (χ4v) is 3.62. The minimum Gasteiger partial charge on any atom is -0.377 e. The first kappa shape index (κ1) is 12.1. The van der Waals surface area contributed by atoms with E-state index in [1.807, 2.05) is 10.9 Å². The van der Waals surface area contributed by atoms with Crippen LogP contribution in [0.4, 0.5) is 0 Å². The highest BCUT2D eigenvalue weighted by molar-refractivity contribution is 5.10. The van der Waals surface area contributed by atoms with E-state index < -0.39 is 0 Å². The van der Waals surface area contributed by atoms with Crippen molar-refractivity contribution >= 4 is 0 Å². The number of hydrogen-bond donors (Lipinski definition) is 1. The molecule has 0 radical (unpaired) electrons. The van der Waals surface area contributed by atoms with Crippen molar-refractivity contribution in [2.24, 2.45) is 11.3 Å². The van der Waals surface area contributed by atoms with E-state index >= 15 is 0 Å². The van der Waals surface area contributed by atoms with Gasteiger partial charge in [-0.15, -0.1) is 5.10 Å². The Bertz CT molecular complexity index is 390. The number of rotatable bonds is 4. The first-order valence-corrected chi connectivity index (χ1v) is 6.88. The van der Waals surface area contributed by atoms with Crippen molar-refractivity contribution in [1.82, 2.24) is 20.3 Å². The van der Waals surface area contributed by atoms with Crippen LogP contribution in [0, 0.1) is 11.3 Å². The van der Waals surface area contributed by atoms with Crippen LogP contribution in [0.3, 0.4) is 0 Å². The average molecular weight is 250 g/mol. The van der Waals surface area contributed by atoms with Crippen molar-refractivity contribution in [3.05, 3.63) is 12.4 Å². The Kier molecular flexibility index (Phi) is 3.11. The van der Waals surface area contributed by atoms with Crippen molar-refractivity contribution < 1.29 is 4.74 Å². The summed E-state index contributed by atoms with van der Waals surface area (Å²) in [6, 6.07) is 0.575. The van der Waals surface area contributed by atoms with Crippen molar-refractivity contribution in [2.75, 3.05) is 13.2 Å². The summed E-state index contributed by atoms with van der Waals surface area (Å²) in [5, 5.41) is 11.5. The second-order valence-electron chi connectivity index (χ2n) is 6.02. The van der Waals surface area contributed by atoms with Crippen LogP contribution >= 0.6 is 0 Å². The molecule has 1 aliphatic carbocycles. The molecule has 5 nitrogen and oxygen atoms in total. The molecule has 1 aromatic heterocycles. The molecule has 3 rings (SSSR count). The molecule has 2 aliphatic rings. The highest BCUT2D eigenvalue weighted by Gasteiger charge is 2.57. The fraction of sp³-hybridized carbons (Fsp3) is 0.846. The van der Waals surface area contributed by atoms with Gasteiger partial charge in [0.25, 0.3) is 0 Å². The standard InChI is InChI=1S/C13H22N4O/c1-13(2)11(10-4-3-9-18-12(10)13)14-5-7-17-8-6-15-16-17/h6,8,10-12,14H,3-5,7,9H2,1-2H3. The van der Waals surface area contributed by atoms with Crippen LogP contribution in [0.25, 0.3) is 0 Å². The SMILES string of the molecule is CC1(C)C(NCCn2ccnn2)C2CCCOC21. The molecule has 1 aromatic rings. The van der Waals surface area contributed by atoms with E-state index in [0.717, 1.165) is 19.7 Å². The number of nitrogens with zero attached hydrogens (tertiary/aromatic N) is 3. The molecule has 0 amide bonds. The summed E-state index contributed by atoms with van der Waals surface area (Å²) in [4.78, 5) is 0. The van der Waals surface area contributed by atoms with Crippen molar-refractivity contribution in [3.8, 4) is 0 Å². The van der Waals surface area contributed by atoms with Gasteiger partial charge in [0.15, 0.2) is 0 Å². The lowest BCUT2D eigenvalue weighted by Gasteiger charge is -2.60. The number of ether oxygens (including phenoxy) is 1. The number of hydrogen-bond acceptors (Lipinski definition) is 4. The lowest BCUT2D eigenvalue weighted by Crippen LogP contribution is -2.69. The molecular formula is C13H22N4O. The van der Waals surface area contributed by atoms with E-state index in [-0.39, 0.29) is 5.41 Å². The Morgan fingerprint density at radius 3 is 3.17 bits per heavy atom. The molecule has 0 aromatic carbocycles. The van der Waals surface area contributed by atoms with Gasteiger partial charge in [-0.1, -0.05) is 19.1 Å². The van der Waals surface area contributed by atoms with E-state index in [4.69, 9.17) is 4.74 Å². The van der Waals surface area contributed by atoms with Crippen LogP contribution in [0.1, 0.15) is 26.7 Å². The number of fused-ring (bicyclic) bond motifs is 1. The Morgan fingerprint density at radius 1 is 1.50 bits per heavy atom. The quantitative estimate of drug-likeness (QED) is 0.868. The van der Waals surface area contributed by atoms with E-state index in [1.54, 1.807) is 6.20 Å². The van der Waals surface area contributed by atoms with E-state index in [0.29, 0.717) is 18.1 Å². The van der Waals surface area contributed by atoms with Gasteiger partial charge in [-0.25, -0.2) is 0 Å². The molecule has 2 fully saturated rings. The first-order chi connectivity index (χ1) is 8.69. The zero-order valence-electron chi connectivity index (χ0n) is 11.2. The Balaban J connectivity index is 1.53. The van der Waals surface area contributed by atoms with Gasteiger partial charge in [0.2, 0.25) is 0 Å². The zero-order valence-corrected chi connectivity index (χ0v) is 11.2. The monoisotopic (exact) mass is 250 g/mol. The van der Waals surface area contributed by atoms with E-state index in [1.165, 1.54) is 12.8 Å². The Labute approximate surface area is 108 Å². The van der Waals surface area contributed by atoms with Gasteiger partial charge in [-0.2, -0.15) is 0 Å². The molecule has 3 unspecified atom stereocenters. The maximum atomic E-state index is 5.91. The number of aromatic nitrogens is 3. The van der Waals surface area contributed by atoms with Gasteiger partial charge in [-0.3, -0.25) is 4.68 Å². The molecule has 1 saturated carbocycles. The second kappa shape index (κ2) is 4.63. The first-order valence-electron chi connectivity index (χ1n) is 6.88. The predicted octanol–water partition coefficient (Wildman–Crippen LogP) is 1.07. The van der Waals surface area contributed by atoms with E-state index in [9.17, 15) is 0 Å². The molecule has 0 bridgehead atoms. The van der Waals surface area contributed by atoms with Gasteiger partial charge in [0.1, 0.15) is 0 Å². The predicted molar refractivity (Wildman–Crippen MR) is 68.1 cm³/mol. The molecule has 0 spiro atoms. The molecule has 100 valence electrons. The molecule has 1 saturated heterocycles. The summed E-state index contributed by atoms with van der Waals surface area (Å²) >= 11 is 0. The van der Waals surface area contributed by atoms with Crippen LogP contribution < -0.4 is 5.32 Å². The van der Waals surface area contributed by atoms with Crippen LogP contribution in [0.15, 0.2) is 12.4 Å². The van der Waals surface area contributed by atoms with Gasteiger partial charge >= 0.3 is 0 Å². The minimum atomic E-state index is 0.257. The van der Waals surface area contributed by atoms with Crippen LogP contribution in [0.5, 0.6) is 0 Å². The third kappa shape index (κ3) is 1.95. The smallest absolute Gasteiger partial charge is 0.0692 e. The molecule has 1 N–H and O–H groups in total. The molecule has 18 heavy (non-hydrogen) atoms. The topological polar surface area (TPSA) is 52.0 Å². The van der Waals surface area contributed by atoms with Gasteiger partial charge in [-0.05, 0) is 12.8 Å². The highest BCUT2D eigenvalue weighted by Crippen LogP contribution is 2.51. The van der Waals surface area contributed by atoms with Gasteiger partial charge in [0, 0.05) is 36.7 Å². The average Bonchev–Trinajstić information content (AvgIpc) is 2.87. The van der Waals surface area contributed by atoms with Crippen molar-refractivity contribution in [3.63, 3.8) is 0 Å². The summed E-state index contributed by atoms with van der Waals surface area (Å²) in [6.07, 6.45) is 6.58. The third-order valence-corrected chi connectivity index (χ3v) is 4.51. The largest absolute Gasteiger partial charge is 0.377 e. The van der Waals surface area contributed by atoms with E-state index in [2.05, 4.69) is 29.5 Å². The molecule has 2 heterocycles. The van der Waals surface area contributed by atoms with Crippen LogP contribution in [0.2, 0.25) is 0 Å². The molecule has 3 atom stereocenters. The zero-order chi connectivity index (χ0) is 12.6. The normalized spacial score (nSPS) is 33.8. The molecular weight excluding hydrogens is 228 g/mol. The lowest BCUT2D eigenvalue weighted by atomic mass is 9.55. The lowest BCUT2D eigenvalue weighted by molar-refractivity contribution is -0.192. The van der Waals surface area contributed by atoms with Gasteiger partial charge in [0.05, 0.1) is 18.8 Å². The summed E-state index contributed by atoms with van der Waals surface area (Å²) < 4.78 is 7.78. The maximum absolute atomic E-state index is 5.91. The van der Waals surface area contributed by atoms with Gasteiger partial charge < -0.3 is 10.1 Å². The Morgan fingerprint density at radius 2 is 2.39 bits per heavy atom. The van der Waals surface area contributed by atoms with Crippen molar-refractivity contribution in [2.45, 2.75) is 45.4 Å².